The van der Waals surface area contributed by atoms with Crippen LogP contribution in [-0.4, -0.2) is 32.1 Å². The second-order valence-corrected chi connectivity index (χ2v) is 4.64. The SMILES string of the molecule is COC(=O)c1ccc(NC(=O)CNCC(C)C)cc1. The molecule has 0 atom stereocenters. The zero-order chi connectivity index (χ0) is 14.3. The van der Waals surface area contributed by atoms with Crippen LogP contribution in [0.15, 0.2) is 24.3 Å². The first-order valence-electron chi connectivity index (χ1n) is 6.22. The topological polar surface area (TPSA) is 67.4 Å². The minimum atomic E-state index is -0.392. The van der Waals surface area contributed by atoms with Crippen molar-refractivity contribution in [3.8, 4) is 0 Å². The molecule has 0 saturated heterocycles. The molecule has 2 N–H and O–H groups in total. The van der Waals surface area contributed by atoms with E-state index in [-0.39, 0.29) is 12.5 Å². The average molecular weight is 264 g/mol. The van der Waals surface area contributed by atoms with Gasteiger partial charge >= 0.3 is 5.97 Å². The number of anilines is 1. The Morgan fingerprint density at radius 3 is 2.37 bits per heavy atom. The number of esters is 1. The highest BCUT2D eigenvalue weighted by atomic mass is 16.5. The van der Waals surface area contributed by atoms with Crippen molar-refractivity contribution in [2.75, 3.05) is 25.5 Å². The number of methoxy groups -OCH3 is 1. The maximum absolute atomic E-state index is 11.6. The Balaban J connectivity index is 2.44. The number of hydrogen-bond acceptors (Lipinski definition) is 4. The fraction of sp³-hybridized carbons (Fsp3) is 0.429. The molecule has 0 bridgehead atoms. The van der Waals surface area contributed by atoms with Gasteiger partial charge in [0.15, 0.2) is 0 Å². The van der Waals surface area contributed by atoms with Crippen LogP contribution in [0.4, 0.5) is 5.69 Å². The first-order valence-corrected chi connectivity index (χ1v) is 6.22. The first-order chi connectivity index (χ1) is 9.02. The molecule has 0 fully saturated rings. The molecular weight excluding hydrogens is 244 g/mol. The van der Waals surface area contributed by atoms with E-state index < -0.39 is 5.97 Å². The largest absolute Gasteiger partial charge is 0.465 e. The third kappa shape index (κ3) is 5.52. The second kappa shape index (κ2) is 7.53. The molecule has 1 rings (SSSR count). The zero-order valence-electron chi connectivity index (χ0n) is 11.5. The van der Waals surface area contributed by atoms with Crippen LogP contribution in [0.1, 0.15) is 24.2 Å². The fourth-order valence-electron chi connectivity index (χ4n) is 1.49. The Morgan fingerprint density at radius 2 is 1.84 bits per heavy atom. The van der Waals surface area contributed by atoms with Gasteiger partial charge in [-0.05, 0) is 36.7 Å². The number of carbonyl (C=O) groups is 2. The average Bonchev–Trinajstić information content (AvgIpc) is 2.38. The van der Waals surface area contributed by atoms with Crippen molar-refractivity contribution in [3.05, 3.63) is 29.8 Å². The summed E-state index contributed by atoms with van der Waals surface area (Å²) in [5, 5.41) is 5.80. The van der Waals surface area contributed by atoms with E-state index in [9.17, 15) is 9.59 Å². The van der Waals surface area contributed by atoms with Gasteiger partial charge in [0.05, 0.1) is 19.2 Å². The van der Waals surface area contributed by atoms with Crippen molar-refractivity contribution in [2.45, 2.75) is 13.8 Å². The van der Waals surface area contributed by atoms with E-state index in [4.69, 9.17) is 0 Å². The smallest absolute Gasteiger partial charge is 0.337 e. The first kappa shape index (κ1) is 15.2. The van der Waals surface area contributed by atoms with Gasteiger partial charge in [0, 0.05) is 5.69 Å². The zero-order valence-corrected chi connectivity index (χ0v) is 11.5. The highest BCUT2D eigenvalue weighted by molar-refractivity contribution is 5.93. The maximum Gasteiger partial charge on any atom is 0.337 e. The van der Waals surface area contributed by atoms with Crippen molar-refractivity contribution in [1.29, 1.82) is 0 Å². The van der Waals surface area contributed by atoms with Gasteiger partial charge in [0.1, 0.15) is 0 Å². The molecule has 0 heterocycles. The lowest BCUT2D eigenvalue weighted by Gasteiger charge is -2.08. The number of carbonyl (C=O) groups excluding carboxylic acids is 2. The van der Waals surface area contributed by atoms with Crippen molar-refractivity contribution in [1.82, 2.24) is 5.32 Å². The van der Waals surface area contributed by atoms with Crippen LogP contribution < -0.4 is 10.6 Å². The lowest BCUT2D eigenvalue weighted by Crippen LogP contribution is -2.30. The van der Waals surface area contributed by atoms with E-state index in [0.29, 0.717) is 17.2 Å². The van der Waals surface area contributed by atoms with Gasteiger partial charge in [0.2, 0.25) is 5.91 Å². The number of benzene rings is 1. The Kier molecular flexibility index (Phi) is 6.02. The van der Waals surface area contributed by atoms with E-state index in [1.54, 1.807) is 24.3 Å². The summed E-state index contributed by atoms with van der Waals surface area (Å²) in [4.78, 5) is 22.8. The van der Waals surface area contributed by atoms with Crippen LogP contribution in [0.2, 0.25) is 0 Å². The van der Waals surface area contributed by atoms with Crippen LogP contribution in [0.25, 0.3) is 0 Å². The summed E-state index contributed by atoms with van der Waals surface area (Å²) < 4.78 is 4.60. The summed E-state index contributed by atoms with van der Waals surface area (Å²) in [6.07, 6.45) is 0. The second-order valence-electron chi connectivity index (χ2n) is 4.64. The molecule has 1 aromatic carbocycles. The van der Waals surface area contributed by atoms with E-state index in [0.717, 1.165) is 6.54 Å². The number of amides is 1. The molecule has 0 aliphatic rings. The van der Waals surface area contributed by atoms with Gasteiger partial charge in [-0.2, -0.15) is 0 Å². The Morgan fingerprint density at radius 1 is 1.21 bits per heavy atom. The van der Waals surface area contributed by atoms with Crippen LogP contribution in [0.3, 0.4) is 0 Å². The maximum atomic E-state index is 11.6. The summed E-state index contributed by atoms with van der Waals surface area (Å²) in [6.45, 7) is 5.23. The highest BCUT2D eigenvalue weighted by Crippen LogP contribution is 2.10. The summed E-state index contributed by atoms with van der Waals surface area (Å²) in [5.74, 6) is 0.00934. The van der Waals surface area contributed by atoms with Crippen LogP contribution in [-0.2, 0) is 9.53 Å². The number of nitrogens with one attached hydrogen (secondary N) is 2. The normalized spacial score (nSPS) is 10.3. The number of ether oxygens (including phenoxy) is 1. The summed E-state index contributed by atoms with van der Waals surface area (Å²) >= 11 is 0. The predicted molar refractivity (Wildman–Crippen MR) is 74.1 cm³/mol. The fourth-order valence-corrected chi connectivity index (χ4v) is 1.49. The molecule has 1 aromatic rings. The summed E-state index contributed by atoms with van der Waals surface area (Å²) in [5.41, 5.74) is 1.11. The Labute approximate surface area is 113 Å². The Bertz CT molecular complexity index is 427. The minimum Gasteiger partial charge on any atom is -0.465 e. The van der Waals surface area contributed by atoms with Gasteiger partial charge in [-0.3, -0.25) is 4.79 Å². The van der Waals surface area contributed by atoms with Crippen molar-refractivity contribution < 1.29 is 14.3 Å². The predicted octanol–water partition coefficient (Wildman–Crippen LogP) is 1.66. The molecule has 0 saturated carbocycles. The lowest BCUT2D eigenvalue weighted by atomic mass is 10.2. The summed E-state index contributed by atoms with van der Waals surface area (Å²) in [6, 6.07) is 6.57. The third-order valence-electron chi connectivity index (χ3n) is 2.43. The highest BCUT2D eigenvalue weighted by Gasteiger charge is 2.06. The molecule has 0 aromatic heterocycles. The molecule has 19 heavy (non-hydrogen) atoms. The number of hydrogen-bond donors (Lipinski definition) is 2. The van der Waals surface area contributed by atoms with Gasteiger partial charge < -0.3 is 15.4 Å². The molecule has 0 spiro atoms. The molecule has 0 radical (unpaired) electrons. The lowest BCUT2D eigenvalue weighted by molar-refractivity contribution is -0.115. The minimum absolute atomic E-state index is 0.105. The molecule has 5 nitrogen and oxygen atoms in total. The van der Waals surface area contributed by atoms with Gasteiger partial charge in [0.25, 0.3) is 0 Å². The van der Waals surface area contributed by atoms with E-state index in [2.05, 4.69) is 29.2 Å². The third-order valence-corrected chi connectivity index (χ3v) is 2.43. The van der Waals surface area contributed by atoms with E-state index in [1.165, 1.54) is 7.11 Å². The monoisotopic (exact) mass is 264 g/mol. The standard InChI is InChI=1S/C14H20N2O3/c1-10(2)8-15-9-13(17)16-12-6-4-11(5-7-12)14(18)19-3/h4-7,10,15H,8-9H2,1-3H3,(H,16,17). The molecule has 104 valence electrons. The van der Waals surface area contributed by atoms with Crippen LogP contribution >= 0.6 is 0 Å². The van der Waals surface area contributed by atoms with Crippen LogP contribution in [0, 0.1) is 5.92 Å². The number of rotatable bonds is 6. The van der Waals surface area contributed by atoms with E-state index >= 15 is 0 Å². The van der Waals surface area contributed by atoms with Gasteiger partial charge in [-0.1, -0.05) is 13.8 Å². The van der Waals surface area contributed by atoms with Gasteiger partial charge in [-0.25, -0.2) is 4.79 Å². The van der Waals surface area contributed by atoms with E-state index in [1.807, 2.05) is 0 Å². The molecular formula is C14H20N2O3. The quantitative estimate of drug-likeness (QED) is 0.767. The molecule has 0 aliphatic heterocycles. The Hall–Kier alpha value is -1.88. The molecule has 1 amide bonds. The summed E-state index contributed by atoms with van der Waals surface area (Å²) in [7, 11) is 1.33. The molecule has 0 aliphatic carbocycles. The van der Waals surface area contributed by atoms with Crippen molar-refractivity contribution in [3.63, 3.8) is 0 Å². The molecule has 0 unspecified atom stereocenters. The van der Waals surface area contributed by atoms with Gasteiger partial charge in [-0.15, -0.1) is 0 Å². The molecule has 5 heteroatoms. The van der Waals surface area contributed by atoms with Crippen molar-refractivity contribution >= 4 is 17.6 Å². The van der Waals surface area contributed by atoms with Crippen LogP contribution in [0.5, 0.6) is 0 Å². The van der Waals surface area contributed by atoms with Crippen molar-refractivity contribution in [2.24, 2.45) is 5.92 Å².